The van der Waals surface area contributed by atoms with E-state index < -0.39 is 0 Å². The summed E-state index contributed by atoms with van der Waals surface area (Å²) in [4.78, 5) is 20.2. The number of benzene rings is 3. The molecular weight excluding hydrogens is 491 g/mol. The molecule has 0 bridgehead atoms. The molecule has 0 saturated carbocycles. The minimum Gasteiger partial charge on any atom is -0.493 e. The smallest absolute Gasteiger partial charge is 0.271 e. The Kier molecular flexibility index (Phi) is 7.49. The van der Waals surface area contributed by atoms with E-state index in [2.05, 4.69) is 5.92 Å². The fourth-order valence-corrected chi connectivity index (χ4v) is 4.41. The van der Waals surface area contributed by atoms with Gasteiger partial charge in [0.05, 0.1) is 23.4 Å². The highest BCUT2D eigenvalue weighted by molar-refractivity contribution is 8.19. The fraction of sp³-hybridized carbons (Fsp3) is 0.0769. The lowest BCUT2D eigenvalue weighted by Crippen LogP contribution is -2.28. The van der Waals surface area contributed by atoms with Crippen LogP contribution in [0.1, 0.15) is 5.56 Å². The van der Waals surface area contributed by atoms with Gasteiger partial charge in [-0.3, -0.25) is 9.69 Å². The van der Waals surface area contributed by atoms with Gasteiger partial charge in [-0.1, -0.05) is 35.2 Å². The standard InChI is InChI=1S/C26H18Cl2N2O3S/c1-3-14-33-22-13-4-17(15-23(22)32-2)16-24-25(31)30(21-11-7-19(28)8-12-21)26(34-24)29-20-9-5-18(27)6-10-20/h1,4-13,15-16H,14H2,2H3/b24-16-,29-26?. The SMILES string of the molecule is C#CCOc1ccc(/C=C2\SC(=Nc3ccc(Cl)cc3)N(c3ccc(Cl)cc3)C2=O)cc1OC. The zero-order chi connectivity index (χ0) is 24.1. The molecule has 0 unspecified atom stereocenters. The predicted molar refractivity (Wildman–Crippen MR) is 140 cm³/mol. The number of hydrogen-bond donors (Lipinski definition) is 0. The Balaban J connectivity index is 1.72. The minimum atomic E-state index is -0.202. The predicted octanol–water partition coefficient (Wildman–Crippen LogP) is 6.82. The summed E-state index contributed by atoms with van der Waals surface area (Å²) in [5.74, 6) is 3.27. The Hall–Kier alpha value is -3.37. The summed E-state index contributed by atoms with van der Waals surface area (Å²) >= 11 is 13.3. The van der Waals surface area contributed by atoms with Crippen LogP contribution in [0, 0.1) is 12.3 Å². The van der Waals surface area contributed by atoms with Crippen molar-refractivity contribution in [1.82, 2.24) is 0 Å². The first-order valence-corrected chi connectivity index (χ1v) is 11.6. The Morgan fingerprint density at radius 2 is 1.71 bits per heavy atom. The first-order valence-electron chi connectivity index (χ1n) is 10.1. The molecule has 5 nitrogen and oxygen atoms in total. The van der Waals surface area contributed by atoms with Gasteiger partial charge in [0.2, 0.25) is 0 Å². The molecule has 1 saturated heterocycles. The molecule has 170 valence electrons. The van der Waals surface area contributed by atoms with Gasteiger partial charge in [0.1, 0.15) is 6.61 Å². The van der Waals surface area contributed by atoms with Gasteiger partial charge in [0.25, 0.3) is 5.91 Å². The Morgan fingerprint density at radius 3 is 2.35 bits per heavy atom. The lowest BCUT2D eigenvalue weighted by atomic mass is 10.2. The first kappa shape index (κ1) is 23.8. The van der Waals surface area contributed by atoms with Crippen LogP contribution in [-0.2, 0) is 4.79 Å². The number of halogens is 2. The van der Waals surface area contributed by atoms with Gasteiger partial charge in [-0.25, -0.2) is 4.99 Å². The third-order valence-corrected chi connectivity index (χ3v) is 6.21. The summed E-state index contributed by atoms with van der Waals surface area (Å²) in [6.45, 7) is 0.131. The van der Waals surface area contributed by atoms with Crippen LogP contribution < -0.4 is 14.4 Å². The zero-order valence-corrected chi connectivity index (χ0v) is 20.3. The van der Waals surface area contributed by atoms with Crippen LogP contribution in [0.25, 0.3) is 6.08 Å². The number of methoxy groups -OCH3 is 1. The minimum absolute atomic E-state index is 0.131. The van der Waals surface area contributed by atoms with E-state index in [1.165, 1.54) is 11.8 Å². The molecule has 8 heteroatoms. The van der Waals surface area contributed by atoms with E-state index in [9.17, 15) is 4.79 Å². The molecule has 34 heavy (non-hydrogen) atoms. The molecule has 1 heterocycles. The summed E-state index contributed by atoms with van der Waals surface area (Å²) in [5, 5.41) is 1.70. The molecule has 1 aliphatic heterocycles. The number of aliphatic imine (C=N–C) groups is 1. The van der Waals surface area contributed by atoms with Crippen molar-refractivity contribution in [2.45, 2.75) is 0 Å². The van der Waals surface area contributed by atoms with E-state index in [1.54, 1.807) is 78.7 Å². The van der Waals surface area contributed by atoms with E-state index in [0.29, 0.717) is 43.0 Å². The fourth-order valence-electron chi connectivity index (χ4n) is 3.16. The number of ether oxygens (including phenoxy) is 2. The second-order valence-corrected chi connectivity index (χ2v) is 8.88. The van der Waals surface area contributed by atoms with Crippen molar-refractivity contribution >= 4 is 63.5 Å². The van der Waals surface area contributed by atoms with Gasteiger partial charge in [-0.15, -0.1) is 6.42 Å². The highest BCUT2D eigenvalue weighted by Crippen LogP contribution is 2.38. The topological polar surface area (TPSA) is 51.1 Å². The van der Waals surface area contributed by atoms with E-state index >= 15 is 0 Å². The van der Waals surface area contributed by atoms with Crippen LogP contribution in [0.5, 0.6) is 11.5 Å². The largest absolute Gasteiger partial charge is 0.493 e. The highest BCUT2D eigenvalue weighted by atomic mass is 35.5. The van der Waals surface area contributed by atoms with Crippen LogP contribution in [0.15, 0.2) is 76.6 Å². The monoisotopic (exact) mass is 508 g/mol. The Morgan fingerprint density at radius 1 is 1.03 bits per heavy atom. The normalized spacial score (nSPS) is 15.6. The summed E-state index contributed by atoms with van der Waals surface area (Å²) in [6, 6.07) is 19.5. The van der Waals surface area contributed by atoms with E-state index in [1.807, 2.05) is 6.07 Å². The molecule has 1 fully saturated rings. The summed E-state index contributed by atoms with van der Waals surface area (Å²) < 4.78 is 10.9. The number of amides is 1. The highest BCUT2D eigenvalue weighted by Gasteiger charge is 2.34. The molecule has 0 atom stereocenters. The molecule has 1 amide bonds. The molecule has 4 rings (SSSR count). The molecule has 0 aliphatic carbocycles. The van der Waals surface area contributed by atoms with Crippen molar-refractivity contribution in [3.63, 3.8) is 0 Å². The van der Waals surface area contributed by atoms with Crippen molar-refractivity contribution in [3.05, 3.63) is 87.2 Å². The van der Waals surface area contributed by atoms with Crippen molar-refractivity contribution in [2.75, 3.05) is 18.6 Å². The third-order valence-electron chi connectivity index (χ3n) is 4.74. The molecular formula is C26H18Cl2N2O3S. The van der Waals surface area contributed by atoms with Crippen molar-refractivity contribution in [2.24, 2.45) is 4.99 Å². The maximum Gasteiger partial charge on any atom is 0.271 e. The van der Waals surface area contributed by atoms with Gasteiger partial charge >= 0.3 is 0 Å². The van der Waals surface area contributed by atoms with E-state index in [-0.39, 0.29) is 12.5 Å². The maximum absolute atomic E-state index is 13.4. The van der Waals surface area contributed by atoms with Crippen molar-refractivity contribution in [1.29, 1.82) is 0 Å². The lowest BCUT2D eigenvalue weighted by Gasteiger charge is -2.15. The van der Waals surface area contributed by atoms with Gasteiger partial charge in [0, 0.05) is 10.0 Å². The molecule has 3 aromatic rings. The molecule has 0 N–H and O–H groups in total. The number of terminal acetylenes is 1. The van der Waals surface area contributed by atoms with Gasteiger partial charge in [0.15, 0.2) is 16.7 Å². The number of hydrogen-bond acceptors (Lipinski definition) is 5. The number of anilines is 1. The van der Waals surface area contributed by atoms with E-state index in [4.69, 9.17) is 44.1 Å². The number of nitrogens with zero attached hydrogens (tertiary/aromatic N) is 2. The zero-order valence-electron chi connectivity index (χ0n) is 18.0. The number of thioether (sulfide) groups is 1. The number of carbonyl (C=O) groups is 1. The lowest BCUT2D eigenvalue weighted by molar-refractivity contribution is -0.113. The van der Waals surface area contributed by atoms with Crippen LogP contribution in [0.3, 0.4) is 0 Å². The van der Waals surface area contributed by atoms with Crippen LogP contribution in [0.4, 0.5) is 11.4 Å². The van der Waals surface area contributed by atoms with Crippen LogP contribution in [-0.4, -0.2) is 24.8 Å². The van der Waals surface area contributed by atoms with Crippen molar-refractivity contribution < 1.29 is 14.3 Å². The van der Waals surface area contributed by atoms with Crippen molar-refractivity contribution in [3.8, 4) is 23.8 Å². The maximum atomic E-state index is 13.4. The van der Waals surface area contributed by atoms with Crippen LogP contribution >= 0.6 is 35.0 Å². The summed E-state index contributed by atoms with van der Waals surface area (Å²) in [7, 11) is 1.55. The average Bonchev–Trinajstić information content (AvgIpc) is 3.14. The number of carbonyl (C=O) groups excluding carboxylic acids is 1. The summed E-state index contributed by atoms with van der Waals surface area (Å²) in [5.41, 5.74) is 2.11. The second-order valence-electron chi connectivity index (χ2n) is 7.00. The molecule has 0 aromatic heterocycles. The summed E-state index contributed by atoms with van der Waals surface area (Å²) in [6.07, 6.45) is 7.06. The van der Waals surface area contributed by atoms with Crippen LogP contribution in [0.2, 0.25) is 10.0 Å². The number of rotatable bonds is 6. The third kappa shape index (κ3) is 5.40. The Labute approximate surface area is 212 Å². The molecule has 0 spiro atoms. The molecule has 1 aliphatic rings. The van der Waals surface area contributed by atoms with Gasteiger partial charge in [-0.2, -0.15) is 0 Å². The van der Waals surface area contributed by atoms with Gasteiger partial charge in [-0.05, 0) is 84.1 Å². The molecule has 0 radical (unpaired) electrons. The molecule has 3 aromatic carbocycles. The second kappa shape index (κ2) is 10.7. The van der Waals surface area contributed by atoms with Gasteiger partial charge < -0.3 is 9.47 Å². The average molecular weight is 509 g/mol. The first-order chi connectivity index (χ1) is 16.5. The Bertz CT molecular complexity index is 1310. The van der Waals surface area contributed by atoms with E-state index in [0.717, 1.165) is 5.56 Å². The number of amidine groups is 1. The quantitative estimate of drug-likeness (QED) is 0.270.